The topological polar surface area (TPSA) is 82.2 Å². The number of nitrogens with one attached hydrogen (secondary N) is 1. The predicted molar refractivity (Wildman–Crippen MR) is 115 cm³/mol. The molecular weight excluding hydrogens is 378 g/mol. The summed E-state index contributed by atoms with van der Waals surface area (Å²) in [5.41, 5.74) is 2.95. The first-order valence-corrected chi connectivity index (χ1v) is 9.43. The molecule has 1 aromatic carbocycles. The van der Waals surface area contributed by atoms with Crippen LogP contribution in [-0.4, -0.2) is 36.2 Å². The number of rotatable bonds is 5. The molecule has 8 heteroatoms. The Morgan fingerprint density at radius 1 is 0.933 bits per heavy atom. The van der Waals surface area contributed by atoms with E-state index < -0.39 is 0 Å². The number of nitrogens with zero attached hydrogens (tertiary/aromatic N) is 6. The van der Waals surface area contributed by atoms with Gasteiger partial charge in [-0.25, -0.2) is 14.5 Å². The maximum Gasteiger partial charge on any atom is 0.218 e. The number of hydrogen-bond acceptors (Lipinski definition) is 6. The van der Waals surface area contributed by atoms with Gasteiger partial charge in [0.15, 0.2) is 11.6 Å². The second-order valence-electron chi connectivity index (χ2n) is 6.72. The van der Waals surface area contributed by atoms with Crippen LogP contribution in [0.1, 0.15) is 0 Å². The van der Waals surface area contributed by atoms with Crippen LogP contribution in [0.2, 0.25) is 0 Å². The van der Waals surface area contributed by atoms with Gasteiger partial charge in [0, 0.05) is 37.3 Å². The largest absolute Gasteiger partial charge is 0.481 e. The lowest BCUT2D eigenvalue weighted by Gasteiger charge is -2.11. The average Bonchev–Trinajstić information content (AvgIpc) is 3.41. The van der Waals surface area contributed by atoms with Gasteiger partial charge in [-0.2, -0.15) is 4.98 Å². The molecule has 0 fully saturated rings. The van der Waals surface area contributed by atoms with E-state index >= 15 is 0 Å². The number of hydrogen-bond donors (Lipinski definition) is 1. The van der Waals surface area contributed by atoms with Crippen LogP contribution in [-0.2, 0) is 7.05 Å². The van der Waals surface area contributed by atoms with Gasteiger partial charge in [-0.1, -0.05) is 36.4 Å². The van der Waals surface area contributed by atoms with Gasteiger partial charge >= 0.3 is 0 Å². The summed E-state index contributed by atoms with van der Waals surface area (Å²) >= 11 is 0. The fraction of sp³-hybridized carbons (Fsp3) is 0.0909. The van der Waals surface area contributed by atoms with Crippen LogP contribution >= 0.6 is 0 Å². The molecule has 0 spiro atoms. The van der Waals surface area contributed by atoms with Crippen LogP contribution in [0.4, 0.5) is 11.6 Å². The number of fused-ring (bicyclic) bond motifs is 1. The van der Waals surface area contributed by atoms with E-state index in [-0.39, 0.29) is 0 Å². The third-order valence-corrected chi connectivity index (χ3v) is 4.80. The van der Waals surface area contributed by atoms with Gasteiger partial charge in [-0.3, -0.25) is 0 Å². The third kappa shape index (κ3) is 3.14. The van der Waals surface area contributed by atoms with Crippen LogP contribution in [0.15, 0.2) is 73.2 Å². The first-order chi connectivity index (χ1) is 14.7. The van der Waals surface area contributed by atoms with Gasteiger partial charge in [0.2, 0.25) is 11.7 Å². The zero-order chi connectivity index (χ0) is 20.5. The van der Waals surface area contributed by atoms with Gasteiger partial charge in [0.05, 0.1) is 7.11 Å². The molecule has 4 aromatic heterocycles. The predicted octanol–water partition coefficient (Wildman–Crippen LogP) is 3.94. The lowest BCUT2D eigenvalue weighted by atomic mass is 10.1. The standard InChI is InChI=1S/C22H19N7O/c1-28-14-12-23-22(28)21-26-20(25-17-9-6-10-18(24-17)30-2)19-16(11-13-29(19)27-21)15-7-4-3-5-8-15/h3-14H,1-2H3,(H,24,25,26,27). The van der Waals surface area contributed by atoms with Crippen LogP contribution in [0, 0.1) is 0 Å². The number of pyridine rings is 1. The molecule has 0 amide bonds. The molecule has 0 aliphatic carbocycles. The molecule has 5 aromatic rings. The maximum absolute atomic E-state index is 5.25. The van der Waals surface area contributed by atoms with E-state index in [1.54, 1.807) is 19.4 Å². The average molecular weight is 397 g/mol. The normalized spacial score (nSPS) is 11.0. The Kier molecular flexibility index (Phi) is 4.36. The van der Waals surface area contributed by atoms with Crippen molar-refractivity contribution < 1.29 is 4.74 Å². The van der Waals surface area contributed by atoms with E-state index in [1.807, 2.05) is 64.9 Å². The van der Waals surface area contributed by atoms with Crippen molar-refractivity contribution in [3.8, 4) is 28.7 Å². The summed E-state index contributed by atoms with van der Waals surface area (Å²) in [6.45, 7) is 0. The van der Waals surface area contributed by atoms with E-state index in [1.165, 1.54) is 0 Å². The molecule has 8 nitrogen and oxygen atoms in total. The van der Waals surface area contributed by atoms with Crippen molar-refractivity contribution in [2.75, 3.05) is 12.4 Å². The van der Waals surface area contributed by atoms with E-state index in [9.17, 15) is 0 Å². The highest BCUT2D eigenvalue weighted by Gasteiger charge is 2.17. The van der Waals surface area contributed by atoms with Crippen LogP contribution in [0.5, 0.6) is 5.88 Å². The van der Waals surface area contributed by atoms with E-state index in [0.717, 1.165) is 16.6 Å². The first kappa shape index (κ1) is 17.9. The number of imidazole rings is 1. The summed E-state index contributed by atoms with van der Waals surface area (Å²) in [7, 11) is 3.51. The number of benzene rings is 1. The summed E-state index contributed by atoms with van der Waals surface area (Å²) in [4.78, 5) is 13.7. The number of aromatic nitrogens is 6. The fourth-order valence-electron chi connectivity index (χ4n) is 3.36. The zero-order valence-electron chi connectivity index (χ0n) is 16.5. The van der Waals surface area contributed by atoms with Crippen LogP contribution < -0.4 is 10.1 Å². The minimum Gasteiger partial charge on any atom is -0.481 e. The zero-order valence-corrected chi connectivity index (χ0v) is 16.5. The molecular formula is C22H19N7O. The van der Waals surface area contributed by atoms with Gasteiger partial charge in [-0.15, -0.1) is 5.10 Å². The van der Waals surface area contributed by atoms with Crippen molar-refractivity contribution in [2.45, 2.75) is 0 Å². The SMILES string of the molecule is COc1cccc(Nc2nc(-c3nccn3C)nn3ccc(-c4ccccc4)c23)n1. The Morgan fingerprint density at radius 3 is 2.57 bits per heavy atom. The molecule has 0 saturated carbocycles. The van der Waals surface area contributed by atoms with Gasteiger partial charge in [0.25, 0.3) is 0 Å². The van der Waals surface area contributed by atoms with E-state index in [4.69, 9.17) is 14.8 Å². The minimum atomic E-state index is 0.510. The summed E-state index contributed by atoms with van der Waals surface area (Å²) in [6.07, 6.45) is 5.52. The molecule has 5 rings (SSSR count). The Morgan fingerprint density at radius 2 is 1.80 bits per heavy atom. The Bertz CT molecular complexity index is 1320. The number of aryl methyl sites for hydroxylation is 1. The molecule has 148 valence electrons. The summed E-state index contributed by atoms with van der Waals surface area (Å²) < 4.78 is 8.96. The second kappa shape index (κ2) is 7.32. The molecule has 30 heavy (non-hydrogen) atoms. The van der Waals surface area contributed by atoms with Crippen molar-refractivity contribution in [3.63, 3.8) is 0 Å². The molecule has 0 aliphatic rings. The lowest BCUT2D eigenvalue weighted by molar-refractivity contribution is 0.398. The molecule has 0 radical (unpaired) electrons. The van der Waals surface area contributed by atoms with Gasteiger partial charge in [0.1, 0.15) is 11.3 Å². The van der Waals surface area contributed by atoms with E-state index in [0.29, 0.717) is 29.2 Å². The highest BCUT2D eigenvalue weighted by Crippen LogP contribution is 2.32. The van der Waals surface area contributed by atoms with E-state index in [2.05, 4.69) is 27.4 Å². The van der Waals surface area contributed by atoms with Crippen molar-refractivity contribution in [2.24, 2.45) is 7.05 Å². The molecule has 0 atom stereocenters. The number of methoxy groups -OCH3 is 1. The van der Waals surface area contributed by atoms with Crippen molar-refractivity contribution in [1.82, 2.24) is 29.1 Å². The lowest BCUT2D eigenvalue weighted by Crippen LogP contribution is -2.07. The maximum atomic E-state index is 5.25. The number of anilines is 2. The molecule has 0 unspecified atom stereocenters. The minimum absolute atomic E-state index is 0.510. The first-order valence-electron chi connectivity index (χ1n) is 9.43. The van der Waals surface area contributed by atoms with Crippen molar-refractivity contribution in [3.05, 3.63) is 73.2 Å². The molecule has 1 N–H and O–H groups in total. The Labute approximate surface area is 172 Å². The van der Waals surface area contributed by atoms with Crippen LogP contribution in [0.3, 0.4) is 0 Å². The monoisotopic (exact) mass is 397 g/mol. The Balaban J connectivity index is 1.71. The second-order valence-corrected chi connectivity index (χ2v) is 6.72. The number of ether oxygens (including phenoxy) is 1. The summed E-state index contributed by atoms with van der Waals surface area (Å²) in [5, 5.41) is 8.04. The van der Waals surface area contributed by atoms with Gasteiger partial charge < -0.3 is 14.6 Å². The van der Waals surface area contributed by atoms with Crippen LogP contribution in [0.25, 0.3) is 28.3 Å². The van der Waals surface area contributed by atoms with Crippen molar-refractivity contribution >= 4 is 17.2 Å². The molecule has 0 aliphatic heterocycles. The third-order valence-electron chi connectivity index (χ3n) is 4.80. The smallest absolute Gasteiger partial charge is 0.218 e. The molecule has 0 saturated heterocycles. The molecule has 0 bridgehead atoms. The summed E-state index contributed by atoms with van der Waals surface area (Å²) in [5.74, 6) is 2.96. The quantitative estimate of drug-likeness (QED) is 0.484. The van der Waals surface area contributed by atoms with Gasteiger partial charge in [-0.05, 0) is 17.7 Å². The summed E-state index contributed by atoms with van der Waals surface area (Å²) in [6, 6.07) is 17.7. The highest BCUT2D eigenvalue weighted by atomic mass is 16.5. The fourth-order valence-corrected chi connectivity index (χ4v) is 3.36. The Hall–Kier alpha value is -4.20. The molecule has 4 heterocycles. The van der Waals surface area contributed by atoms with Crippen molar-refractivity contribution in [1.29, 1.82) is 0 Å². The highest BCUT2D eigenvalue weighted by molar-refractivity contribution is 5.90.